The number of hydrogen-bond acceptors (Lipinski definition) is 4. The van der Waals surface area contributed by atoms with Crippen molar-refractivity contribution in [1.29, 1.82) is 0 Å². The minimum absolute atomic E-state index is 0.0675. The molecule has 0 amide bonds. The standard InChI is InChI=1S/C30H32O4/c1-14(2)19-11-18-12-22-23(13-20(18)27-21(19)7-16(5)9-25(27)31)29(33)30(34,15(3)4)24-8-17(6)10-26(32)28(22)24/h7-10,12-15,19,31-32,34H,11H2,1-6H3. The van der Waals surface area contributed by atoms with Gasteiger partial charge in [0.2, 0.25) is 0 Å². The van der Waals surface area contributed by atoms with E-state index in [9.17, 15) is 20.1 Å². The van der Waals surface area contributed by atoms with Crippen LogP contribution < -0.4 is 0 Å². The number of phenols is 2. The van der Waals surface area contributed by atoms with Crippen molar-refractivity contribution in [3.8, 4) is 33.8 Å². The number of carbonyl (C=O) groups is 1. The van der Waals surface area contributed by atoms with Gasteiger partial charge in [0.1, 0.15) is 11.5 Å². The van der Waals surface area contributed by atoms with Crippen LogP contribution >= 0.6 is 0 Å². The first-order chi connectivity index (χ1) is 15.9. The van der Waals surface area contributed by atoms with Gasteiger partial charge in [-0.25, -0.2) is 0 Å². The molecule has 2 aliphatic carbocycles. The maximum atomic E-state index is 13.9. The molecule has 0 heterocycles. The molecule has 2 atom stereocenters. The highest BCUT2D eigenvalue weighted by atomic mass is 16.3. The predicted octanol–water partition coefficient (Wildman–Crippen LogP) is 6.38. The fraction of sp³-hybridized carbons (Fsp3) is 0.367. The molecule has 0 spiro atoms. The van der Waals surface area contributed by atoms with E-state index in [2.05, 4.69) is 19.9 Å². The Hall–Kier alpha value is -3.11. The van der Waals surface area contributed by atoms with Crippen molar-refractivity contribution >= 4 is 5.78 Å². The molecule has 4 heteroatoms. The van der Waals surface area contributed by atoms with Crippen LogP contribution in [0.1, 0.15) is 71.8 Å². The lowest BCUT2D eigenvalue weighted by molar-refractivity contribution is 0.00244. The van der Waals surface area contributed by atoms with Gasteiger partial charge in [-0.15, -0.1) is 0 Å². The second kappa shape index (κ2) is 7.44. The number of aryl methyl sites for hydroxylation is 2. The molecule has 0 aliphatic heterocycles. The first-order valence-electron chi connectivity index (χ1n) is 12.1. The Bertz CT molecular complexity index is 1360. The van der Waals surface area contributed by atoms with Gasteiger partial charge in [0.15, 0.2) is 11.4 Å². The van der Waals surface area contributed by atoms with Crippen LogP contribution in [0.25, 0.3) is 22.3 Å². The first kappa shape index (κ1) is 22.7. The molecular weight excluding hydrogens is 424 g/mol. The summed E-state index contributed by atoms with van der Waals surface area (Å²) in [5, 5.41) is 33.8. The summed E-state index contributed by atoms with van der Waals surface area (Å²) in [4.78, 5) is 13.9. The van der Waals surface area contributed by atoms with Gasteiger partial charge in [-0.2, -0.15) is 0 Å². The Balaban J connectivity index is 1.87. The number of fused-ring (bicyclic) bond motifs is 6. The minimum Gasteiger partial charge on any atom is -0.507 e. The third kappa shape index (κ3) is 2.98. The zero-order chi connectivity index (χ0) is 24.7. The number of carbonyl (C=O) groups excluding carboxylic acids is 1. The smallest absolute Gasteiger partial charge is 0.199 e. The number of aliphatic hydroxyl groups is 1. The number of hydrogen-bond donors (Lipinski definition) is 3. The van der Waals surface area contributed by atoms with Crippen LogP contribution in [0.4, 0.5) is 0 Å². The molecular formula is C30H32O4. The molecule has 3 N–H and O–H groups in total. The molecule has 34 heavy (non-hydrogen) atoms. The number of Topliss-reactive ketones (excluding diaryl/α,β-unsaturated/α-hetero) is 1. The topological polar surface area (TPSA) is 77.8 Å². The summed E-state index contributed by atoms with van der Waals surface area (Å²) in [6.07, 6.45) is 0.779. The molecule has 0 radical (unpaired) electrons. The lowest BCUT2D eigenvalue weighted by Gasteiger charge is -2.39. The van der Waals surface area contributed by atoms with Crippen molar-refractivity contribution in [3.63, 3.8) is 0 Å². The van der Waals surface area contributed by atoms with E-state index in [0.717, 1.165) is 39.8 Å². The third-order valence-corrected chi connectivity index (χ3v) is 7.82. The highest BCUT2D eigenvalue weighted by molar-refractivity contribution is 6.14. The van der Waals surface area contributed by atoms with E-state index in [1.54, 1.807) is 12.1 Å². The molecule has 2 unspecified atom stereocenters. The van der Waals surface area contributed by atoms with Crippen molar-refractivity contribution in [3.05, 3.63) is 69.8 Å². The van der Waals surface area contributed by atoms with Gasteiger partial charge in [0, 0.05) is 22.3 Å². The summed E-state index contributed by atoms with van der Waals surface area (Å²) in [6, 6.07) is 11.2. The molecule has 4 nitrogen and oxygen atoms in total. The van der Waals surface area contributed by atoms with Gasteiger partial charge >= 0.3 is 0 Å². The van der Waals surface area contributed by atoms with Crippen molar-refractivity contribution in [1.82, 2.24) is 0 Å². The Morgan fingerprint density at radius 1 is 0.824 bits per heavy atom. The van der Waals surface area contributed by atoms with E-state index in [0.29, 0.717) is 28.2 Å². The summed E-state index contributed by atoms with van der Waals surface area (Å²) in [6.45, 7) is 11.8. The van der Waals surface area contributed by atoms with Gasteiger partial charge in [-0.1, -0.05) is 39.8 Å². The summed E-state index contributed by atoms with van der Waals surface area (Å²) in [5.74, 6) is 0.111. The number of aromatic hydroxyl groups is 2. The van der Waals surface area contributed by atoms with Crippen LogP contribution in [0, 0.1) is 25.7 Å². The highest BCUT2D eigenvalue weighted by Crippen LogP contribution is 2.53. The number of phenolic OH excluding ortho intramolecular Hbond substituents is 2. The van der Waals surface area contributed by atoms with Gasteiger partial charge in [0.05, 0.1) is 0 Å². The Kier molecular flexibility index (Phi) is 4.96. The number of ketones is 1. The lowest BCUT2D eigenvalue weighted by Crippen LogP contribution is -2.44. The maximum Gasteiger partial charge on any atom is 0.199 e. The molecule has 0 saturated heterocycles. The number of benzene rings is 3. The van der Waals surface area contributed by atoms with E-state index in [4.69, 9.17) is 0 Å². The van der Waals surface area contributed by atoms with Crippen LogP contribution in [-0.2, 0) is 12.0 Å². The normalized spacial score (nSPS) is 20.7. The van der Waals surface area contributed by atoms with E-state index in [1.165, 1.54) is 0 Å². The number of rotatable bonds is 2. The van der Waals surface area contributed by atoms with E-state index in [-0.39, 0.29) is 23.2 Å². The molecule has 3 aromatic rings. The zero-order valence-electron chi connectivity index (χ0n) is 20.7. The molecule has 0 bridgehead atoms. The molecule has 176 valence electrons. The fourth-order valence-corrected chi connectivity index (χ4v) is 6.02. The fourth-order valence-electron chi connectivity index (χ4n) is 6.02. The Morgan fingerprint density at radius 3 is 2.06 bits per heavy atom. The van der Waals surface area contributed by atoms with E-state index in [1.807, 2.05) is 45.9 Å². The summed E-state index contributed by atoms with van der Waals surface area (Å²) in [7, 11) is 0. The average Bonchev–Trinajstić information content (AvgIpc) is 2.74. The van der Waals surface area contributed by atoms with E-state index < -0.39 is 11.5 Å². The van der Waals surface area contributed by atoms with Gasteiger partial charge in [0.25, 0.3) is 0 Å². The molecule has 5 rings (SSSR count). The average molecular weight is 457 g/mol. The van der Waals surface area contributed by atoms with Gasteiger partial charge in [-0.05, 0) is 95.7 Å². The molecule has 0 aromatic heterocycles. The summed E-state index contributed by atoms with van der Waals surface area (Å²) in [5.41, 5.74) is 5.82. The van der Waals surface area contributed by atoms with Crippen molar-refractivity contribution in [2.45, 2.75) is 59.5 Å². The van der Waals surface area contributed by atoms with Gasteiger partial charge in [-0.3, -0.25) is 4.79 Å². The Labute approximate surface area is 200 Å². The van der Waals surface area contributed by atoms with Crippen LogP contribution in [-0.4, -0.2) is 21.1 Å². The first-order valence-corrected chi connectivity index (χ1v) is 12.1. The molecule has 2 aliphatic rings. The molecule has 0 saturated carbocycles. The molecule has 0 fully saturated rings. The zero-order valence-corrected chi connectivity index (χ0v) is 20.7. The highest BCUT2D eigenvalue weighted by Gasteiger charge is 2.48. The van der Waals surface area contributed by atoms with Crippen LogP contribution in [0.5, 0.6) is 11.5 Å². The lowest BCUT2D eigenvalue weighted by atomic mass is 9.66. The van der Waals surface area contributed by atoms with Crippen molar-refractivity contribution < 1.29 is 20.1 Å². The minimum atomic E-state index is -1.74. The SMILES string of the molecule is Cc1cc(O)c2c(c1)C(C(C)C)Cc1cc3c(cc1-2)C(=O)C(O)(C(C)C)c1cc(C)cc(O)c1-3. The second-order valence-corrected chi connectivity index (χ2v) is 10.8. The van der Waals surface area contributed by atoms with Crippen molar-refractivity contribution in [2.24, 2.45) is 11.8 Å². The van der Waals surface area contributed by atoms with Crippen molar-refractivity contribution in [2.75, 3.05) is 0 Å². The molecule has 3 aromatic carbocycles. The Morgan fingerprint density at radius 2 is 1.44 bits per heavy atom. The quantitative estimate of drug-likeness (QED) is 0.418. The predicted molar refractivity (Wildman–Crippen MR) is 134 cm³/mol. The second-order valence-electron chi connectivity index (χ2n) is 10.8. The van der Waals surface area contributed by atoms with E-state index >= 15 is 0 Å². The largest absolute Gasteiger partial charge is 0.507 e. The third-order valence-electron chi connectivity index (χ3n) is 7.82. The summed E-state index contributed by atoms with van der Waals surface area (Å²) < 4.78 is 0. The summed E-state index contributed by atoms with van der Waals surface area (Å²) >= 11 is 0. The van der Waals surface area contributed by atoms with Crippen LogP contribution in [0.2, 0.25) is 0 Å². The monoisotopic (exact) mass is 456 g/mol. The van der Waals surface area contributed by atoms with Gasteiger partial charge < -0.3 is 15.3 Å². The maximum absolute atomic E-state index is 13.9. The van der Waals surface area contributed by atoms with Crippen LogP contribution in [0.3, 0.4) is 0 Å². The van der Waals surface area contributed by atoms with Crippen LogP contribution in [0.15, 0.2) is 36.4 Å².